The second kappa shape index (κ2) is 4.52. The number of nitrogens with zero attached hydrogens (tertiary/aromatic N) is 1. The number of nitriles is 1. The van der Waals surface area contributed by atoms with E-state index in [1.165, 1.54) is 0 Å². The topological polar surface area (TPSA) is 62.1 Å². The van der Waals surface area contributed by atoms with Crippen molar-refractivity contribution in [3.05, 3.63) is 11.6 Å². The zero-order valence-electron chi connectivity index (χ0n) is 6.67. The molecule has 1 aliphatic heterocycles. The molecule has 1 aliphatic rings. The van der Waals surface area contributed by atoms with Gasteiger partial charge in [-0.05, 0) is 0 Å². The molecule has 0 bridgehead atoms. The molecule has 0 aliphatic carbocycles. The van der Waals surface area contributed by atoms with Crippen molar-refractivity contribution in [2.45, 2.75) is 6.42 Å². The Morgan fingerprint density at radius 2 is 2.67 bits per heavy atom. The number of ether oxygens (including phenoxy) is 1. The molecule has 0 saturated carbocycles. The van der Waals surface area contributed by atoms with Gasteiger partial charge in [0.05, 0.1) is 19.3 Å². The zero-order chi connectivity index (χ0) is 8.81. The highest BCUT2D eigenvalue weighted by molar-refractivity contribution is 5.93. The molecule has 1 heterocycles. The molecule has 1 N–H and O–H groups in total. The van der Waals surface area contributed by atoms with E-state index in [2.05, 4.69) is 5.32 Å². The Kier molecular flexibility index (Phi) is 3.30. The smallest absolute Gasteiger partial charge is 0.247 e. The Balaban J connectivity index is 2.41. The van der Waals surface area contributed by atoms with Gasteiger partial charge in [0, 0.05) is 12.0 Å². The maximum absolute atomic E-state index is 11.2. The molecule has 4 heteroatoms. The van der Waals surface area contributed by atoms with Crippen LogP contribution in [0.2, 0.25) is 0 Å². The molecule has 4 nitrogen and oxygen atoms in total. The lowest BCUT2D eigenvalue weighted by atomic mass is 10.1. The van der Waals surface area contributed by atoms with Gasteiger partial charge in [0.2, 0.25) is 5.91 Å². The van der Waals surface area contributed by atoms with Gasteiger partial charge >= 0.3 is 0 Å². The molecule has 12 heavy (non-hydrogen) atoms. The Morgan fingerprint density at radius 1 is 1.83 bits per heavy atom. The van der Waals surface area contributed by atoms with E-state index in [9.17, 15) is 4.79 Å². The van der Waals surface area contributed by atoms with Crippen LogP contribution in [0.15, 0.2) is 11.6 Å². The highest BCUT2D eigenvalue weighted by atomic mass is 16.5. The van der Waals surface area contributed by atoms with E-state index in [1.807, 2.05) is 6.07 Å². The van der Waals surface area contributed by atoms with Crippen LogP contribution in [0.3, 0.4) is 0 Å². The van der Waals surface area contributed by atoms with Crippen molar-refractivity contribution in [2.24, 2.45) is 0 Å². The average Bonchev–Trinajstić information content (AvgIpc) is 2.15. The number of rotatable bonds is 2. The van der Waals surface area contributed by atoms with E-state index in [4.69, 9.17) is 10.00 Å². The third kappa shape index (κ3) is 2.36. The van der Waals surface area contributed by atoms with Crippen LogP contribution in [-0.2, 0) is 9.53 Å². The summed E-state index contributed by atoms with van der Waals surface area (Å²) in [7, 11) is 0. The highest BCUT2D eigenvalue weighted by Crippen LogP contribution is 2.06. The van der Waals surface area contributed by atoms with Gasteiger partial charge in [-0.1, -0.05) is 6.08 Å². The van der Waals surface area contributed by atoms with Crippen molar-refractivity contribution in [1.29, 1.82) is 5.26 Å². The number of nitrogens with one attached hydrogen (secondary N) is 1. The highest BCUT2D eigenvalue weighted by Gasteiger charge is 2.10. The van der Waals surface area contributed by atoms with Crippen molar-refractivity contribution in [3.8, 4) is 6.07 Å². The van der Waals surface area contributed by atoms with Gasteiger partial charge in [0.25, 0.3) is 0 Å². The van der Waals surface area contributed by atoms with Gasteiger partial charge in [-0.3, -0.25) is 4.79 Å². The molecule has 64 valence electrons. The third-order valence-corrected chi connectivity index (χ3v) is 1.58. The van der Waals surface area contributed by atoms with E-state index in [0.717, 1.165) is 5.57 Å². The molecule has 0 aromatic carbocycles. The Hall–Kier alpha value is -1.34. The Bertz CT molecular complexity index is 240. The van der Waals surface area contributed by atoms with Crippen molar-refractivity contribution >= 4 is 5.91 Å². The van der Waals surface area contributed by atoms with E-state index in [1.54, 1.807) is 6.08 Å². The Labute approximate surface area is 70.8 Å². The largest absolute Gasteiger partial charge is 0.377 e. The maximum Gasteiger partial charge on any atom is 0.247 e. The molecule has 0 aromatic heterocycles. The van der Waals surface area contributed by atoms with Gasteiger partial charge in [-0.15, -0.1) is 0 Å². The molecular formula is C8H10N2O2. The summed E-state index contributed by atoms with van der Waals surface area (Å²) in [6.07, 6.45) is 2.38. The number of hydrogen-bond donors (Lipinski definition) is 1. The second-order valence-electron chi connectivity index (χ2n) is 2.40. The first-order valence-corrected chi connectivity index (χ1v) is 3.76. The van der Waals surface area contributed by atoms with Crippen LogP contribution >= 0.6 is 0 Å². The molecule has 0 unspecified atom stereocenters. The lowest BCUT2D eigenvalue weighted by Gasteiger charge is -2.11. The van der Waals surface area contributed by atoms with Gasteiger partial charge in [0.1, 0.15) is 6.54 Å². The normalized spacial score (nSPS) is 16.1. The minimum atomic E-state index is -0.153. The molecule has 0 spiro atoms. The molecule has 1 amide bonds. The first-order valence-electron chi connectivity index (χ1n) is 3.76. The minimum Gasteiger partial charge on any atom is -0.377 e. The molecule has 0 atom stereocenters. The van der Waals surface area contributed by atoms with Crippen molar-refractivity contribution in [2.75, 3.05) is 19.8 Å². The Morgan fingerprint density at radius 3 is 3.25 bits per heavy atom. The summed E-state index contributed by atoms with van der Waals surface area (Å²) >= 11 is 0. The van der Waals surface area contributed by atoms with Gasteiger partial charge in [0.15, 0.2) is 0 Å². The third-order valence-electron chi connectivity index (χ3n) is 1.58. The van der Waals surface area contributed by atoms with Gasteiger partial charge in [-0.25, -0.2) is 0 Å². The van der Waals surface area contributed by atoms with Crippen LogP contribution < -0.4 is 5.32 Å². The van der Waals surface area contributed by atoms with E-state index in [0.29, 0.717) is 19.6 Å². The summed E-state index contributed by atoms with van der Waals surface area (Å²) in [5.41, 5.74) is 0.719. The summed E-state index contributed by atoms with van der Waals surface area (Å²) in [4.78, 5) is 11.2. The first-order chi connectivity index (χ1) is 5.84. The summed E-state index contributed by atoms with van der Waals surface area (Å²) in [5, 5.41) is 10.7. The summed E-state index contributed by atoms with van der Waals surface area (Å²) in [6.45, 7) is 1.15. The monoisotopic (exact) mass is 166 g/mol. The van der Waals surface area contributed by atoms with Crippen LogP contribution in [-0.4, -0.2) is 25.7 Å². The minimum absolute atomic E-state index is 0.0665. The zero-order valence-corrected chi connectivity index (χ0v) is 6.67. The lowest BCUT2D eigenvalue weighted by molar-refractivity contribution is -0.117. The lowest BCUT2D eigenvalue weighted by Crippen LogP contribution is -2.27. The van der Waals surface area contributed by atoms with E-state index >= 15 is 0 Å². The SMILES string of the molecule is N#CCNC(=O)C1=CCOCC1. The molecule has 0 radical (unpaired) electrons. The molecular weight excluding hydrogens is 156 g/mol. The predicted octanol–water partition coefficient (Wildman–Crippen LogP) is -0.0271. The fourth-order valence-corrected chi connectivity index (χ4v) is 0.967. The fraction of sp³-hybridized carbons (Fsp3) is 0.500. The van der Waals surface area contributed by atoms with E-state index in [-0.39, 0.29) is 12.5 Å². The van der Waals surface area contributed by atoms with Crippen LogP contribution in [0.4, 0.5) is 0 Å². The average molecular weight is 166 g/mol. The molecule has 1 rings (SSSR count). The van der Waals surface area contributed by atoms with E-state index < -0.39 is 0 Å². The summed E-state index contributed by atoms with van der Waals surface area (Å²) in [5.74, 6) is -0.153. The number of hydrogen-bond acceptors (Lipinski definition) is 3. The molecule has 0 aromatic rings. The standard InChI is InChI=1S/C8H10N2O2/c9-3-4-10-8(11)7-1-5-12-6-2-7/h1H,2,4-6H2,(H,10,11). The quantitative estimate of drug-likeness (QED) is 0.586. The molecule has 0 fully saturated rings. The summed E-state index contributed by atoms with van der Waals surface area (Å²) < 4.78 is 5.03. The fourth-order valence-electron chi connectivity index (χ4n) is 0.967. The van der Waals surface area contributed by atoms with Crippen LogP contribution in [0.1, 0.15) is 6.42 Å². The van der Waals surface area contributed by atoms with Crippen molar-refractivity contribution in [3.63, 3.8) is 0 Å². The predicted molar refractivity (Wildman–Crippen MR) is 42.1 cm³/mol. The number of carbonyl (C=O) groups is 1. The number of amides is 1. The van der Waals surface area contributed by atoms with Gasteiger partial charge in [-0.2, -0.15) is 5.26 Å². The number of carbonyl (C=O) groups excluding carboxylic acids is 1. The van der Waals surface area contributed by atoms with Crippen molar-refractivity contribution < 1.29 is 9.53 Å². The van der Waals surface area contributed by atoms with Crippen LogP contribution in [0.25, 0.3) is 0 Å². The summed E-state index contributed by atoms with van der Waals surface area (Å²) in [6, 6.07) is 1.85. The second-order valence-corrected chi connectivity index (χ2v) is 2.40. The first kappa shape index (κ1) is 8.75. The van der Waals surface area contributed by atoms with Crippen LogP contribution in [0, 0.1) is 11.3 Å². The van der Waals surface area contributed by atoms with Gasteiger partial charge < -0.3 is 10.1 Å². The van der Waals surface area contributed by atoms with Crippen LogP contribution in [0.5, 0.6) is 0 Å². The van der Waals surface area contributed by atoms with Crippen molar-refractivity contribution in [1.82, 2.24) is 5.32 Å². The molecule has 0 saturated heterocycles. The maximum atomic E-state index is 11.2.